The van der Waals surface area contributed by atoms with E-state index in [-0.39, 0.29) is 18.9 Å². The molecule has 0 unspecified atom stereocenters. The molecule has 0 aromatic heterocycles. The molecular weight excluding hydrogens is 69.0 g/mol. The quantitative estimate of drug-likeness (QED) is 0.409. The van der Waals surface area contributed by atoms with E-state index in [1.165, 1.54) is 19.3 Å². The van der Waals surface area contributed by atoms with Crippen LogP contribution in [0, 0.1) is 0 Å². The van der Waals surface area contributed by atoms with Crippen molar-refractivity contribution in [2.45, 2.75) is 25.3 Å². The van der Waals surface area contributed by atoms with Gasteiger partial charge in [0.05, 0.1) is 0 Å². The van der Waals surface area contributed by atoms with Crippen molar-refractivity contribution >= 4 is 18.9 Å². The van der Waals surface area contributed by atoms with Gasteiger partial charge in [-0.25, -0.2) is 0 Å². The monoisotopic (exact) mass is 78.1 g/mol. The Kier molecular flexibility index (Phi) is 2.93. The van der Waals surface area contributed by atoms with Crippen LogP contribution in [0.4, 0.5) is 0 Å². The molecule has 1 aliphatic rings. The zero-order valence-electron chi connectivity index (χ0n) is 4.28. The van der Waals surface area contributed by atoms with Gasteiger partial charge in [-0.1, -0.05) is 6.42 Å². The molecule has 6 heavy (non-hydrogen) atoms. The number of hydrogen-bond acceptors (Lipinski definition) is 1. The number of rotatable bonds is 0. The minimum atomic E-state index is 0. The van der Waals surface area contributed by atoms with Gasteiger partial charge in [0.2, 0.25) is 0 Å². The molecule has 0 saturated heterocycles. The van der Waals surface area contributed by atoms with Crippen LogP contribution >= 0.6 is 0 Å². The van der Waals surface area contributed by atoms with Gasteiger partial charge in [0, 0.05) is 24.9 Å². The van der Waals surface area contributed by atoms with Crippen molar-refractivity contribution in [2.75, 3.05) is 0 Å². The molecular formula is C4H9LiN. The van der Waals surface area contributed by atoms with Gasteiger partial charge >= 0.3 is 0 Å². The van der Waals surface area contributed by atoms with Gasteiger partial charge in [-0.05, 0) is 12.8 Å². The van der Waals surface area contributed by atoms with Crippen molar-refractivity contribution in [2.24, 2.45) is 5.73 Å². The van der Waals surface area contributed by atoms with Crippen molar-refractivity contribution in [1.29, 1.82) is 0 Å². The molecule has 0 amide bonds. The molecule has 0 bridgehead atoms. The van der Waals surface area contributed by atoms with Crippen molar-refractivity contribution in [1.82, 2.24) is 0 Å². The molecule has 2 N–H and O–H groups in total. The Hall–Kier alpha value is 0.557. The molecule has 1 radical (unpaired) electrons. The van der Waals surface area contributed by atoms with E-state index in [0.717, 1.165) is 0 Å². The predicted molar refractivity (Wildman–Crippen MR) is 27.6 cm³/mol. The first-order valence-corrected chi connectivity index (χ1v) is 2.15. The Morgan fingerprint density at radius 3 is 1.67 bits per heavy atom. The maximum Gasteiger partial charge on any atom is 0.00388 e. The van der Waals surface area contributed by atoms with Crippen LogP contribution in [0.3, 0.4) is 0 Å². The van der Waals surface area contributed by atoms with E-state index in [1.54, 1.807) is 0 Å². The summed E-state index contributed by atoms with van der Waals surface area (Å²) in [7, 11) is 0. The summed E-state index contributed by atoms with van der Waals surface area (Å²) in [5.74, 6) is 0. The maximum absolute atomic E-state index is 5.38. The van der Waals surface area contributed by atoms with Gasteiger partial charge in [0.25, 0.3) is 0 Å². The predicted octanol–water partition coefficient (Wildman–Crippen LogP) is 0.117. The van der Waals surface area contributed by atoms with Crippen molar-refractivity contribution in [3.63, 3.8) is 0 Å². The Balaban J connectivity index is 0.000000250. The molecule has 0 aromatic rings. The average Bonchev–Trinajstić information content (AvgIpc) is 1.30. The fourth-order valence-electron chi connectivity index (χ4n) is 0.440. The van der Waals surface area contributed by atoms with Crippen LogP contribution in [0.25, 0.3) is 0 Å². The van der Waals surface area contributed by atoms with Crippen LogP contribution in [0.2, 0.25) is 0 Å². The second kappa shape index (κ2) is 2.68. The summed E-state index contributed by atoms with van der Waals surface area (Å²) in [4.78, 5) is 0. The van der Waals surface area contributed by atoms with Crippen LogP contribution in [-0.2, 0) is 0 Å². The second-order valence-electron chi connectivity index (χ2n) is 1.69. The first kappa shape index (κ1) is 6.56. The first-order valence-electron chi connectivity index (χ1n) is 2.15. The van der Waals surface area contributed by atoms with Gasteiger partial charge in [0.1, 0.15) is 0 Å². The van der Waals surface area contributed by atoms with E-state index in [0.29, 0.717) is 6.04 Å². The van der Waals surface area contributed by atoms with E-state index >= 15 is 0 Å². The average molecular weight is 78.1 g/mol. The van der Waals surface area contributed by atoms with E-state index in [1.807, 2.05) is 0 Å². The molecule has 0 aliphatic heterocycles. The van der Waals surface area contributed by atoms with E-state index in [9.17, 15) is 0 Å². The van der Waals surface area contributed by atoms with Gasteiger partial charge in [-0.2, -0.15) is 0 Å². The third kappa shape index (κ3) is 1.34. The zero-order chi connectivity index (χ0) is 3.70. The largest absolute Gasteiger partial charge is 0.328 e. The summed E-state index contributed by atoms with van der Waals surface area (Å²) >= 11 is 0. The smallest absolute Gasteiger partial charge is 0.00388 e. The van der Waals surface area contributed by atoms with E-state index in [2.05, 4.69) is 0 Å². The normalized spacial score (nSPS) is 21.5. The maximum atomic E-state index is 5.38. The third-order valence-corrected chi connectivity index (χ3v) is 1.15. The molecule has 1 aliphatic carbocycles. The van der Waals surface area contributed by atoms with E-state index in [4.69, 9.17) is 5.73 Å². The Labute approximate surface area is 50.5 Å². The summed E-state index contributed by atoms with van der Waals surface area (Å²) in [5.41, 5.74) is 5.38. The van der Waals surface area contributed by atoms with Crippen molar-refractivity contribution in [3.8, 4) is 0 Å². The summed E-state index contributed by atoms with van der Waals surface area (Å²) < 4.78 is 0. The van der Waals surface area contributed by atoms with E-state index < -0.39 is 0 Å². The minimum absolute atomic E-state index is 0. The summed E-state index contributed by atoms with van der Waals surface area (Å²) in [6.07, 6.45) is 3.89. The summed E-state index contributed by atoms with van der Waals surface area (Å²) in [6, 6.07) is 0.565. The summed E-state index contributed by atoms with van der Waals surface area (Å²) in [5, 5.41) is 0. The van der Waals surface area contributed by atoms with Gasteiger partial charge in [-0.15, -0.1) is 0 Å². The Morgan fingerprint density at radius 2 is 1.67 bits per heavy atom. The van der Waals surface area contributed by atoms with Gasteiger partial charge < -0.3 is 5.73 Å². The standard InChI is InChI=1S/C4H9N.Li/c5-4-2-1-3-4;/h4H,1-3,5H2;. The van der Waals surface area contributed by atoms with Gasteiger partial charge in [0.15, 0.2) is 0 Å². The number of hydrogen-bond donors (Lipinski definition) is 1. The van der Waals surface area contributed by atoms with Crippen molar-refractivity contribution in [3.05, 3.63) is 0 Å². The van der Waals surface area contributed by atoms with Crippen molar-refractivity contribution < 1.29 is 0 Å². The molecule has 1 fully saturated rings. The molecule has 1 nitrogen and oxygen atoms in total. The molecule has 0 spiro atoms. The minimum Gasteiger partial charge on any atom is -0.328 e. The topological polar surface area (TPSA) is 26.0 Å². The Morgan fingerprint density at radius 1 is 1.33 bits per heavy atom. The van der Waals surface area contributed by atoms with Crippen LogP contribution in [0.15, 0.2) is 0 Å². The van der Waals surface area contributed by atoms with Crippen LogP contribution in [0.5, 0.6) is 0 Å². The second-order valence-corrected chi connectivity index (χ2v) is 1.69. The molecule has 1 saturated carbocycles. The molecule has 0 atom stereocenters. The molecule has 1 rings (SSSR count). The SMILES string of the molecule is NC1CCC1.[Li]. The molecule has 0 heterocycles. The summed E-state index contributed by atoms with van der Waals surface area (Å²) in [6.45, 7) is 0. The van der Waals surface area contributed by atoms with Crippen LogP contribution in [-0.4, -0.2) is 24.9 Å². The molecule has 0 aromatic carbocycles. The first-order chi connectivity index (χ1) is 2.39. The zero-order valence-corrected chi connectivity index (χ0v) is 4.28. The van der Waals surface area contributed by atoms with Crippen LogP contribution < -0.4 is 5.73 Å². The van der Waals surface area contributed by atoms with Crippen LogP contribution in [0.1, 0.15) is 19.3 Å². The fraction of sp³-hybridized carbons (Fsp3) is 1.00. The fourth-order valence-corrected chi connectivity index (χ4v) is 0.440. The molecule has 2 heteroatoms. The third-order valence-electron chi connectivity index (χ3n) is 1.15. The number of nitrogens with two attached hydrogens (primary N) is 1. The molecule has 31 valence electrons. The van der Waals surface area contributed by atoms with Gasteiger partial charge in [-0.3, -0.25) is 0 Å². The Bertz CT molecular complexity index is 34.5.